The Kier molecular flexibility index (Phi) is 5.64. The second kappa shape index (κ2) is 7.55. The molecule has 2 rings (SSSR count). The van der Waals surface area contributed by atoms with Crippen molar-refractivity contribution in [2.24, 2.45) is 13.0 Å². The van der Waals surface area contributed by atoms with Crippen molar-refractivity contribution in [1.82, 2.24) is 15.2 Å². The van der Waals surface area contributed by atoms with E-state index in [0.717, 1.165) is 0 Å². The molecule has 2 unspecified atom stereocenters. The smallest absolute Gasteiger partial charge is 0.325 e. The molecule has 0 aliphatic rings. The Morgan fingerprint density at radius 2 is 1.77 bits per heavy atom. The van der Waals surface area contributed by atoms with Crippen LogP contribution >= 0.6 is 0 Å². The highest BCUT2D eigenvalue weighted by atomic mass is 19.1. The van der Waals surface area contributed by atoms with Crippen molar-refractivity contribution in [1.29, 1.82) is 0 Å². The van der Waals surface area contributed by atoms with Gasteiger partial charge in [-0.25, -0.2) is 4.39 Å². The van der Waals surface area contributed by atoms with Gasteiger partial charge >= 0.3 is 5.97 Å². The third kappa shape index (κ3) is 4.01. The fourth-order valence-electron chi connectivity index (χ4n) is 2.65. The molecule has 1 aromatic heterocycles. The lowest BCUT2D eigenvalue weighted by molar-refractivity contribution is -0.141. The van der Waals surface area contributed by atoms with Crippen molar-refractivity contribution >= 4 is 28.7 Å². The number of fused-ring (bicyclic) bond motifs is 1. The van der Waals surface area contributed by atoms with Crippen molar-refractivity contribution in [3.8, 4) is 0 Å². The number of nitrogens with zero attached hydrogens (tertiary/aromatic N) is 1. The van der Waals surface area contributed by atoms with Crippen molar-refractivity contribution in [3.63, 3.8) is 0 Å². The van der Waals surface area contributed by atoms with E-state index in [1.54, 1.807) is 37.6 Å². The summed E-state index contributed by atoms with van der Waals surface area (Å²) in [4.78, 5) is 35.9. The topological polar surface area (TPSA) is 100 Å². The predicted octanol–water partition coefficient (Wildman–Crippen LogP) is 1.66. The quantitative estimate of drug-likeness (QED) is 0.727. The number of amides is 2. The molecule has 2 atom stereocenters. The van der Waals surface area contributed by atoms with Gasteiger partial charge in [0.15, 0.2) is 0 Å². The third-order valence-electron chi connectivity index (χ3n) is 4.20. The van der Waals surface area contributed by atoms with E-state index in [2.05, 4.69) is 10.6 Å². The Hall–Kier alpha value is -2.90. The summed E-state index contributed by atoms with van der Waals surface area (Å²) in [7, 11) is 1.67. The normalized spacial score (nSPS) is 13.5. The van der Waals surface area contributed by atoms with Gasteiger partial charge in [-0.1, -0.05) is 13.8 Å². The van der Waals surface area contributed by atoms with E-state index in [4.69, 9.17) is 5.11 Å². The number of hydrogen-bond donors (Lipinski definition) is 3. The van der Waals surface area contributed by atoms with Gasteiger partial charge in [0.25, 0.3) is 5.91 Å². The van der Waals surface area contributed by atoms with Gasteiger partial charge in [-0.05, 0) is 37.1 Å². The van der Waals surface area contributed by atoms with E-state index in [1.807, 2.05) is 0 Å². The number of benzene rings is 1. The molecule has 0 aliphatic heterocycles. The molecule has 2 aromatic rings. The molecule has 2 amide bonds. The number of carbonyl (C=O) groups excluding carboxylic acids is 2. The zero-order chi connectivity index (χ0) is 19.6. The molecule has 0 saturated carbocycles. The lowest BCUT2D eigenvalue weighted by atomic mass is 10.0. The van der Waals surface area contributed by atoms with Crippen molar-refractivity contribution < 1.29 is 23.9 Å². The van der Waals surface area contributed by atoms with Crippen molar-refractivity contribution in [3.05, 3.63) is 35.8 Å². The van der Waals surface area contributed by atoms with Crippen LogP contribution in [-0.2, 0) is 16.6 Å². The van der Waals surface area contributed by atoms with Crippen LogP contribution < -0.4 is 10.6 Å². The van der Waals surface area contributed by atoms with Crippen LogP contribution in [0.4, 0.5) is 4.39 Å². The van der Waals surface area contributed by atoms with Crippen LogP contribution in [0.15, 0.2) is 24.3 Å². The minimum Gasteiger partial charge on any atom is -0.480 e. The molecule has 0 radical (unpaired) electrons. The molecule has 0 fully saturated rings. The first-order valence-electron chi connectivity index (χ1n) is 8.20. The Morgan fingerprint density at radius 1 is 1.12 bits per heavy atom. The first-order valence-corrected chi connectivity index (χ1v) is 8.20. The van der Waals surface area contributed by atoms with Crippen molar-refractivity contribution in [2.45, 2.75) is 32.9 Å². The maximum absolute atomic E-state index is 13.4. The van der Waals surface area contributed by atoms with Crippen LogP contribution in [0.1, 0.15) is 31.3 Å². The number of aryl methyl sites for hydroxylation is 1. The minimum absolute atomic E-state index is 0.257. The largest absolute Gasteiger partial charge is 0.480 e. The van der Waals surface area contributed by atoms with Gasteiger partial charge in [0, 0.05) is 18.0 Å². The van der Waals surface area contributed by atoms with Gasteiger partial charge < -0.3 is 20.3 Å². The first kappa shape index (κ1) is 19.4. The second-order valence-corrected chi connectivity index (χ2v) is 6.56. The van der Waals surface area contributed by atoms with Crippen LogP contribution in [0, 0.1) is 11.7 Å². The number of carbonyl (C=O) groups is 3. The first-order chi connectivity index (χ1) is 12.1. The molecule has 0 saturated heterocycles. The van der Waals surface area contributed by atoms with Gasteiger partial charge in [0.1, 0.15) is 23.6 Å². The summed E-state index contributed by atoms with van der Waals surface area (Å²) < 4.78 is 15.0. The summed E-state index contributed by atoms with van der Waals surface area (Å²) in [5.41, 5.74) is 0.955. The van der Waals surface area contributed by atoms with E-state index >= 15 is 0 Å². The zero-order valence-electron chi connectivity index (χ0n) is 15.0. The number of carboxylic acids is 1. The minimum atomic E-state index is -1.16. The standard InChI is InChI=1S/C18H22FN3O4/c1-9(2)15(17(24)20-10(3)18(25)26)21-16(23)14-8-11-7-12(19)5-6-13(11)22(14)4/h5-10,15H,1-4H3,(H,20,24)(H,21,23)(H,25,26). The molecule has 1 heterocycles. The van der Waals surface area contributed by atoms with Crippen molar-refractivity contribution in [2.75, 3.05) is 0 Å². The highest BCUT2D eigenvalue weighted by Gasteiger charge is 2.28. The summed E-state index contributed by atoms with van der Waals surface area (Å²) in [5.74, 6) is -2.90. The van der Waals surface area contributed by atoms with Crippen LogP contribution in [0.3, 0.4) is 0 Å². The fraction of sp³-hybridized carbons (Fsp3) is 0.389. The summed E-state index contributed by atoms with van der Waals surface area (Å²) in [6, 6.07) is 3.78. The maximum atomic E-state index is 13.4. The van der Waals surface area contributed by atoms with Crippen LogP contribution in [0.25, 0.3) is 10.9 Å². The van der Waals surface area contributed by atoms with Gasteiger partial charge in [0.05, 0.1) is 0 Å². The summed E-state index contributed by atoms with van der Waals surface area (Å²) >= 11 is 0. The number of carboxylic acid groups (broad SMARTS) is 1. The van der Waals surface area contributed by atoms with E-state index in [9.17, 15) is 18.8 Å². The lowest BCUT2D eigenvalue weighted by Gasteiger charge is -2.23. The molecular weight excluding hydrogens is 341 g/mol. The molecule has 26 heavy (non-hydrogen) atoms. The number of aromatic nitrogens is 1. The predicted molar refractivity (Wildman–Crippen MR) is 94.2 cm³/mol. The number of hydrogen-bond acceptors (Lipinski definition) is 3. The Bertz CT molecular complexity index is 859. The Labute approximate surface area is 150 Å². The summed E-state index contributed by atoms with van der Waals surface area (Å²) in [6.45, 7) is 4.83. The van der Waals surface area contributed by atoms with E-state index in [-0.39, 0.29) is 11.6 Å². The molecule has 1 aromatic carbocycles. The average molecular weight is 363 g/mol. The van der Waals surface area contributed by atoms with Gasteiger partial charge in [-0.2, -0.15) is 0 Å². The number of rotatable bonds is 6. The van der Waals surface area contributed by atoms with Gasteiger partial charge in [-0.3, -0.25) is 14.4 Å². The van der Waals surface area contributed by atoms with Crippen LogP contribution in [0.5, 0.6) is 0 Å². The van der Waals surface area contributed by atoms with E-state index < -0.39 is 35.7 Å². The molecule has 7 nitrogen and oxygen atoms in total. The monoisotopic (exact) mass is 363 g/mol. The average Bonchev–Trinajstić information content (AvgIpc) is 2.87. The number of halogens is 1. The Balaban J connectivity index is 2.24. The second-order valence-electron chi connectivity index (χ2n) is 6.56. The highest BCUT2D eigenvalue weighted by Crippen LogP contribution is 2.20. The molecule has 140 valence electrons. The van der Waals surface area contributed by atoms with E-state index in [0.29, 0.717) is 10.9 Å². The van der Waals surface area contributed by atoms with Gasteiger partial charge in [-0.15, -0.1) is 0 Å². The zero-order valence-corrected chi connectivity index (χ0v) is 15.0. The van der Waals surface area contributed by atoms with Crippen LogP contribution in [0.2, 0.25) is 0 Å². The molecule has 0 bridgehead atoms. The third-order valence-corrected chi connectivity index (χ3v) is 4.20. The molecule has 8 heteroatoms. The molecular formula is C18H22FN3O4. The maximum Gasteiger partial charge on any atom is 0.325 e. The Morgan fingerprint density at radius 3 is 2.35 bits per heavy atom. The lowest BCUT2D eigenvalue weighted by Crippen LogP contribution is -2.53. The molecule has 0 spiro atoms. The molecule has 0 aliphatic carbocycles. The summed E-state index contributed by atoms with van der Waals surface area (Å²) in [6.07, 6.45) is 0. The summed E-state index contributed by atoms with van der Waals surface area (Å²) in [5, 5.41) is 14.5. The fourth-order valence-corrected chi connectivity index (χ4v) is 2.65. The van der Waals surface area contributed by atoms with Gasteiger partial charge in [0.2, 0.25) is 5.91 Å². The highest BCUT2D eigenvalue weighted by molar-refractivity contribution is 6.01. The van der Waals surface area contributed by atoms with Crippen LogP contribution in [-0.4, -0.2) is 39.5 Å². The number of nitrogens with one attached hydrogen (secondary N) is 2. The molecule has 3 N–H and O–H groups in total. The SMILES string of the molecule is CC(NC(=O)C(NC(=O)c1cc2cc(F)ccc2n1C)C(C)C)C(=O)O. The van der Waals surface area contributed by atoms with E-state index in [1.165, 1.54) is 19.1 Å². The number of aliphatic carboxylic acids is 1.